The fourth-order valence-electron chi connectivity index (χ4n) is 1.98. The first-order valence-corrected chi connectivity index (χ1v) is 8.36. The Morgan fingerprint density at radius 2 is 2.12 bits per heavy atom. The van der Waals surface area contributed by atoms with Gasteiger partial charge < -0.3 is 4.74 Å². The molecule has 0 aliphatic carbocycles. The van der Waals surface area contributed by atoms with Crippen LogP contribution in [0.1, 0.15) is 18.2 Å². The second-order valence-corrected chi connectivity index (χ2v) is 6.76. The Morgan fingerprint density at radius 1 is 1.38 bits per heavy atom. The lowest BCUT2D eigenvalue weighted by molar-refractivity contribution is -0.131. The van der Waals surface area contributed by atoms with Crippen LogP contribution >= 0.6 is 27.3 Å². The van der Waals surface area contributed by atoms with Crippen LogP contribution < -0.4 is 20.4 Å². The van der Waals surface area contributed by atoms with E-state index in [4.69, 9.17) is 4.74 Å². The molecular weight excluding hydrogens is 398 g/mol. The molecule has 2 aromatic heterocycles. The summed E-state index contributed by atoms with van der Waals surface area (Å²) >= 11 is 4.36. The van der Waals surface area contributed by atoms with E-state index in [0.29, 0.717) is 20.3 Å². The summed E-state index contributed by atoms with van der Waals surface area (Å²) < 4.78 is 7.20. The molecule has 0 amide bonds. The third kappa shape index (κ3) is 3.13. The van der Waals surface area contributed by atoms with Gasteiger partial charge in [-0.25, -0.2) is 0 Å². The molecule has 3 aromatic rings. The predicted octanol–water partition coefficient (Wildman–Crippen LogP) is 1.06. The molecule has 9 heteroatoms. The van der Waals surface area contributed by atoms with Crippen molar-refractivity contribution in [1.29, 1.82) is 0 Å². The SMILES string of the molecule is CC(=O)Oc1cc(C=c2sc3nc(=O)c(C)nn3c2=O)ccc1Br. The molecule has 3 rings (SSSR count). The number of esters is 1. The number of carbonyl (C=O) groups excluding carboxylic acids is 1. The van der Waals surface area contributed by atoms with E-state index in [1.54, 1.807) is 24.3 Å². The Bertz CT molecular complexity index is 1140. The molecule has 2 heterocycles. The Kier molecular flexibility index (Phi) is 4.29. The lowest BCUT2D eigenvalue weighted by Gasteiger charge is -2.04. The normalized spacial score (nSPS) is 11.9. The first kappa shape index (κ1) is 16.5. The zero-order valence-corrected chi connectivity index (χ0v) is 15.0. The number of rotatable bonds is 2. The van der Waals surface area contributed by atoms with Crippen molar-refractivity contribution in [3.8, 4) is 5.75 Å². The molecule has 0 N–H and O–H groups in total. The van der Waals surface area contributed by atoms with Crippen LogP contribution in [0.4, 0.5) is 0 Å². The van der Waals surface area contributed by atoms with Crippen molar-refractivity contribution < 1.29 is 9.53 Å². The minimum atomic E-state index is -0.455. The second kappa shape index (κ2) is 6.25. The summed E-state index contributed by atoms with van der Waals surface area (Å²) in [7, 11) is 0. The van der Waals surface area contributed by atoms with Gasteiger partial charge in [0.15, 0.2) is 0 Å². The summed E-state index contributed by atoms with van der Waals surface area (Å²) in [5.74, 6) is -0.0898. The van der Waals surface area contributed by atoms with Gasteiger partial charge in [-0.2, -0.15) is 14.6 Å². The predicted molar refractivity (Wildman–Crippen MR) is 92.4 cm³/mol. The number of benzene rings is 1. The molecule has 0 saturated heterocycles. The minimum absolute atomic E-state index is 0.162. The van der Waals surface area contributed by atoms with Gasteiger partial charge in [0.05, 0.1) is 9.01 Å². The van der Waals surface area contributed by atoms with Crippen molar-refractivity contribution in [3.63, 3.8) is 0 Å². The molecule has 0 unspecified atom stereocenters. The summed E-state index contributed by atoms with van der Waals surface area (Å²) in [6.07, 6.45) is 1.63. The Morgan fingerprint density at radius 3 is 2.83 bits per heavy atom. The van der Waals surface area contributed by atoms with Gasteiger partial charge in [-0.1, -0.05) is 17.4 Å². The van der Waals surface area contributed by atoms with Gasteiger partial charge in [-0.15, -0.1) is 0 Å². The number of nitrogens with zero attached hydrogens (tertiary/aromatic N) is 3. The van der Waals surface area contributed by atoms with E-state index in [1.165, 1.54) is 13.8 Å². The summed E-state index contributed by atoms with van der Waals surface area (Å²) in [5.41, 5.74) is 0.0126. The number of halogens is 1. The van der Waals surface area contributed by atoms with Crippen molar-refractivity contribution in [2.75, 3.05) is 0 Å². The quantitative estimate of drug-likeness (QED) is 0.465. The van der Waals surface area contributed by atoms with Crippen LogP contribution in [0.25, 0.3) is 11.0 Å². The van der Waals surface area contributed by atoms with Crippen molar-refractivity contribution in [2.24, 2.45) is 0 Å². The highest BCUT2D eigenvalue weighted by Gasteiger charge is 2.09. The van der Waals surface area contributed by atoms with Crippen LogP contribution in [0.3, 0.4) is 0 Å². The van der Waals surface area contributed by atoms with Crippen molar-refractivity contribution in [2.45, 2.75) is 13.8 Å². The van der Waals surface area contributed by atoms with Crippen LogP contribution in [0.2, 0.25) is 0 Å². The molecular formula is C15H10BrN3O4S. The van der Waals surface area contributed by atoms with Crippen LogP contribution in [0.5, 0.6) is 5.75 Å². The fraction of sp³-hybridized carbons (Fsp3) is 0.133. The van der Waals surface area contributed by atoms with Gasteiger partial charge in [0.2, 0.25) is 4.96 Å². The largest absolute Gasteiger partial charge is 0.425 e. The Labute approximate surface area is 147 Å². The van der Waals surface area contributed by atoms with Gasteiger partial charge in [-0.05, 0) is 46.6 Å². The molecule has 0 aliphatic heterocycles. The summed E-state index contributed by atoms with van der Waals surface area (Å²) in [6.45, 7) is 2.81. The first-order valence-electron chi connectivity index (χ1n) is 6.75. The first-order chi connectivity index (χ1) is 11.3. The third-order valence-electron chi connectivity index (χ3n) is 3.05. The molecule has 7 nitrogen and oxygen atoms in total. The zero-order valence-electron chi connectivity index (χ0n) is 12.6. The molecule has 0 aliphatic rings. The number of ether oxygens (including phenoxy) is 1. The summed E-state index contributed by atoms with van der Waals surface area (Å²) in [4.78, 5) is 39.1. The van der Waals surface area contributed by atoms with E-state index in [1.807, 2.05) is 0 Å². The molecule has 122 valence electrons. The van der Waals surface area contributed by atoms with E-state index in [9.17, 15) is 14.4 Å². The molecule has 0 saturated carbocycles. The highest BCUT2D eigenvalue weighted by Crippen LogP contribution is 2.26. The third-order valence-corrected chi connectivity index (χ3v) is 4.66. The topological polar surface area (TPSA) is 90.6 Å². The van der Waals surface area contributed by atoms with Gasteiger partial charge in [-0.3, -0.25) is 14.4 Å². The lowest BCUT2D eigenvalue weighted by atomic mass is 10.2. The number of aromatic nitrogens is 3. The van der Waals surface area contributed by atoms with E-state index >= 15 is 0 Å². The number of thiazole rings is 1. The van der Waals surface area contributed by atoms with E-state index in [2.05, 4.69) is 26.0 Å². The zero-order chi connectivity index (χ0) is 17.4. The Hall–Kier alpha value is -2.39. The summed E-state index contributed by atoms with van der Waals surface area (Å²) in [5, 5.41) is 3.95. The second-order valence-electron chi connectivity index (χ2n) is 4.90. The summed E-state index contributed by atoms with van der Waals surface area (Å²) in [6, 6.07) is 5.10. The van der Waals surface area contributed by atoms with Crippen LogP contribution in [-0.2, 0) is 4.79 Å². The van der Waals surface area contributed by atoms with Crippen molar-refractivity contribution in [3.05, 3.63) is 59.2 Å². The molecule has 24 heavy (non-hydrogen) atoms. The van der Waals surface area contributed by atoms with Gasteiger partial charge >= 0.3 is 5.97 Å². The number of aryl methyl sites for hydroxylation is 1. The molecule has 0 radical (unpaired) electrons. The van der Waals surface area contributed by atoms with Crippen LogP contribution in [0, 0.1) is 6.92 Å². The fourth-order valence-corrected chi connectivity index (χ4v) is 3.21. The number of hydrogen-bond acceptors (Lipinski definition) is 7. The van der Waals surface area contributed by atoms with Crippen LogP contribution in [0.15, 0.2) is 32.3 Å². The average Bonchev–Trinajstić information content (AvgIpc) is 2.79. The maximum absolute atomic E-state index is 12.4. The van der Waals surface area contributed by atoms with Crippen molar-refractivity contribution in [1.82, 2.24) is 14.6 Å². The molecule has 0 bridgehead atoms. The van der Waals surface area contributed by atoms with Gasteiger partial charge in [0.25, 0.3) is 11.1 Å². The van der Waals surface area contributed by atoms with E-state index in [0.717, 1.165) is 15.9 Å². The maximum atomic E-state index is 12.4. The Balaban J connectivity index is 2.17. The monoisotopic (exact) mass is 407 g/mol. The number of fused-ring (bicyclic) bond motifs is 1. The van der Waals surface area contributed by atoms with Gasteiger partial charge in [0, 0.05) is 6.92 Å². The average molecular weight is 408 g/mol. The maximum Gasteiger partial charge on any atom is 0.308 e. The van der Waals surface area contributed by atoms with E-state index < -0.39 is 11.5 Å². The highest BCUT2D eigenvalue weighted by atomic mass is 79.9. The lowest BCUT2D eigenvalue weighted by Crippen LogP contribution is -2.27. The molecule has 0 spiro atoms. The molecule has 1 aromatic carbocycles. The van der Waals surface area contributed by atoms with Gasteiger partial charge in [0.1, 0.15) is 11.4 Å². The smallest absolute Gasteiger partial charge is 0.308 e. The molecule has 0 atom stereocenters. The number of carbonyl (C=O) groups is 1. The number of hydrogen-bond donors (Lipinski definition) is 0. The molecule has 0 fully saturated rings. The van der Waals surface area contributed by atoms with E-state index in [-0.39, 0.29) is 16.2 Å². The minimum Gasteiger partial charge on any atom is -0.425 e. The van der Waals surface area contributed by atoms with Crippen molar-refractivity contribution >= 4 is 44.3 Å². The van der Waals surface area contributed by atoms with Crippen LogP contribution in [-0.4, -0.2) is 20.6 Å². The standard InChI is InChI=1S/C15H10BrN3O4S/c1-7-13(21)17-15-19(18-7)14(22)12(24-15)6-9-3-4-10(16)11(5-9)23-8(2)20/h3-6H,1-2H3. The highest BCUT2D eigenvalue weighted by molar-refractivity contribution is 9.10.